The van der Waals surface area contributed by atoms with E-state index in [2.05, 4.69) is 5.10 Å². The van der Waals surface area contributed by atoms with E-state index in [1.807, 2.05) is 0 Å². The van der Waals surface area contributed by atoms with Crippen molar-refractivity contribution in [3.8, 4) is 0 Å². The number of nitrogens with zero attached hydrogens (tertiary/aromatic N) is 3. The number of sulfonamides is 1. The molecule has 0 fully saturated rings. The van der Waals surface area contributed by atoms with Crippen LogP contribution in [0.4, 0.5) is 5.69 Å². The molecule has 0 bridgehead atoms. The smallest absolute Gasteiger partial charge is 0.427 e. The number of hydrogen-bond donors (Lipinski definition) is 1. The lowest BCUT2D eigenvalue weighted by Crippen LogP contribution is -2.52. The lowest BCUT2D eigenvalue weighted by Gasteiger charge is -2.25. The van der Waals surface area contributed by atoms with Gasteiger partial charge < -0.3 is 5.02 Å². The van der Waals surface area contributed by atoms with Gasteiger partial charge in [0.05, 0.1) is 16.0 Å². The van der Waals surface area contributed by atoms with Crippen LogP contribution in [0.2, 0.25) is 0 Å². The summed E-state index contributed by atoms with van der Waals surface area (Å²) in [6.07, 6.45) is 1.34. The van der Waals surface area contributed by atoms with Crippen LogP contribution in [0.5, 0.6) is 0 Å². The Morgan fingerprint density at radius 2 is 1.78 bits per heavy atom. The molecular weight excluding hydrogens is 321 g/mol. The molecule has 10 heteroatoms. The third-order valence-electron chi connectivity index (χ3n) is 3.39. The molecule has 8 nitrogen and oxygen atoms in total. The van der Waals surface area contributed by atoms with Crippen molar-refractivity contribution in [2.75, 3.05) is 0 Å². The van der Waals surface area contributed by atoms with Crippen LogP contribution in [0.15, 0.2) is 58.5 Å². The summed E-state index contributed by atoms with van der Waals surface area (Å²) in [6.45, 7) is 0. The van der Waals surface area contributed by atoms with Gasteiger partial charge in [-0.3, -0.25) is 10.1 Å². The van der Waals surface area contributed by atoms with Crippen LogP contribution in [0.3, 0.4) is 0 Å². The maximum Gasteiger partial charge on any atom is 0.484 e. The summed E-state index contributed by atoms with van der Waals surface area (Å²) < 4.78 is 25.7. The number of nitro groups is 1. The van der Waals surface area contributed by atoms with Gasteiger partial charge in [0.15, 0.2) is 0 Å². The fourth-order valence-electron chi connectivity index (χ4n) is 2.21. The van der Waals surface area contributed by atoms with Crippen molar-refractivity contribution < 1.29 is 18.4 Å². The van der Waals surface area contributed by atoms with E-state index in [1.54, 1.807) is 24.3 Å². The van der Waals surface area contributed by atoms with Crippen LogP contribution >= 0.6 is 0 Å². The largest absolute Gasteiger partial charge is 0.484 e. The third kappa shape index (κ3) is 2.58. The molecule has 1 aliphatic heterocycles. The summed E-state index contributed by atoms with van der Waals surface area (Å²) in [6, 6.07) is 11.1. The van der Waals surface area contributed by atoms with Crippen molar-refractivity contribution >= 4 is 34.4 Å². The van der Waals surface area contributed by atoms with E-state index in [0.717, 1.165) is 24.3 Å². The molecule has 0 amide bonds. The van der Waals surface area contributed by atoms with Crippen molar-refractivity contribution in [2.24, 2.45) is 5.10 Å². The summed E-state index contributed by atoms with van der Waals surface area (Å²) >= 11 is 0. The molecule has 0 radical (unpaired) electrons. The van der Waals surface area contributed by atoms with Crippen molar-refractivity contribution in [1.82, 2.24) is 4.33 Å². The van der Waals surface area contributed by atoms with Crippen LogP contribution in [-0.4, -0.2) is 36.0 Å². The van der Waals surface area contributed by atoms with Gasteiger partial charge in [-0.1, -0.05) is 24.3 Å². The Morgan fingerprint density at radius 1 is 1.13 bits per heavy atom. The normalized spacial score (nSPS) is 13.8. The number of hydrazone groups is 1. The Hall–Kier alpha value is -2.72. The molecule has 0 unspecified atom stereocenters. The minimum atomic E-state index is -4.13. The molecule has 0 saturated carbocycles. The molecule has 23 heavy (non-hydrogen) atoms. The van der Waals surface area contributed by atoms with Gasteiger partial charge in [-0.2, -0.15) is 9.43 Å². The standard InChI is InChI=1S/C13H10BN3O5S/c18-14-13-4-2-1-3-10(13)9-15-17(14)23(21,22)12-7-5-11(6-8-12)16(19)20/h1-9,18H. The first-order valence-corrected chi connectivity index (χ1v) is 7.95. The molecule has 116 valence electrons. The van der Waals surface area contributed by atoms with E-state index in [1.165, 1.54) is 6.21 Å². The molecule has 2 aromatic carbocycles. The number of benzene rings is 2. The average molecular weight is 331 g/mol. The van der Waals surface area contributed by atoms with Gasteiger partial charge in [0.2, 0.25) is 0 Å². The number of fused-ring (bicyclic) bond motifs is 1. The number of rotatable bonds is 3. The summed E-state index contributed by atoms with van der Waals surface area (Å²) in [5, 5.41) is 24.7. The summed E-state index contributed by atoms with van der Waals surface area (Å²) in [4.78, 5) is 9.81. The zero-order valence-corrected chi connectivity index (χ0v) is 12.4. The van der Waals surface area contributed by atoms with E-state index in [9.17, 15) is 23.6 Å². The Balaban J connectivity index is 1.99. The molecule has 0 saturated heterocycles. The second-order valence-electron chi connectivity index (χ2n) is 4.78. The van der Waals surface area contributed by atoms with Gasteiger partial charge >= 0.3 is 7.05 Å². The van der Waals surface area contributed by atoms with E-state index < -0.39 is 22.0 Å². The lowest BCUT2D eigenvalue weighted by molar-refractivity contribution is -0.384. The van der Waals surface area contributed by atoms with Crippen LogP contribution in [0, 0.1) is 10.1 Å². The van der Waals surface area contributed by atoms with Crippen LogP contribution in [0.25, 0.3) is 0 Å². The molecular formula is C13H10BN3O5S. The van der Waals surface area contributed by atoms with Crippen molar-refractivity contribution in [3.63, 3.8) is 0 Å². The predicted molar refractivity (Wildman–Crippen MR) is 83.8 cm³/mol. The third-order valence-corrected chi connectivity index (χ3v) is 5.04. The Kier molecular flexibility index (Phi) is 3.62. The van der Waals surface area contributed by atoms with Crippen LogP contribution < -0.4 is 5.46 Å². The summed E-state index contributed by atoms with van der Waals surface area (Å²) in [5.41, 5.74) is 0.806. The van der Waals surface area contributed by atoms with Crippen molar-refractivity contribution in [1.29, 1.82) is 0 Å². The molecule has 0 spiro atoms. The van der Waals surface area contributed by atoms with E-state index in [0.29, 0.717) is 15.4 Å². The number of nitro benzene ring substituents is 1. The maximum atomic E-state index is 12.6. The monoisotopic (exact) mass is 331 g/mol. The first-order valence-electron chi connectivity index (χ1n) is 6.51. The fraction of sp³-hybridized carbons (Fsp3) is 0. The Morgan fingerprint density at radius 3 is 2.43 bits per heavy atom. The molecule has 0 aromatic heterocycles. The highest BCUT2D eigenvalue weighted by Gasteiger charge is 2.38. The molecule has 1 aliphatic rings. The minimum absolute atomic E-state index is 0.196. The second-order valence-corrected chi connectivity index (χ2v) is 6.57. The Bertz CT molecular complexity index is 898. The number of hydrogen-bond acceptors (Lipinski definition) is 6. The molecule has 1 heterocycles. The highest BCUT2D eigenvalue weighted by molar-refractivity contribution is 7.90. The fourth-order valence-corrected chi connectivity index (χ4v) is 3.45. The Labute approximate surface area is 132 Å². The van der Waals surface area contributed by atoms with Crippen LogP contribution in [-0.2, 0) is 10.0 Å². The van der Waals surface area contributed by atoms with Gasteiger partial charge in [-0.15, -0.1) is 0 Å². The van der Waals surface area contributed by atoms with E-state index in [-0.39, 0.29) is 10.6 Å². The van der Waals surface area contributed by atoms with E-state index in [4.69, 9.17) is 0 Å². The highest BCUT2D eigenvalue weighted by Crippen LogP contribution is 2.21. The molecule has 1 N–H and O–H groups in total. The zero-order valence-electron chi connectivity index (χ0n) is 11.6. The van der Waals surface area contributed by atoms with Gasteiger partial charge in [0.1, 0.15) is 0 Å². The maximum absolute atomic E-state index is 12.6. The first kappa shape index (κ1) is 15.2. The SMILES string of the molecule is O=[N+]([O-])c1ccc(S(=O)(=O)N2N=Cc3ccccc3B2O)cc1. The minimum Gasteiger partial charge on any atom is -0.427 e. The van der Waals surface area contributed by atoms with Gasteiger partial charge in [0, 0.05) is 12.1 Å². The molecule has 3 rings (SSSR count). The predicted octanol–water partition coefficient (Wildman–Crippen LogP) is 0.321. The second kappa shape index (κ2) is 5.49. The highest BCUT2D eigenvalue weighted by atomic mass is 32.2. The van der Waals surface area contributed by atoms with Crippen molar-refractivity contribution in [2.45, 2.75) is 4.90 Å². The average Bonchev–Trinajstić information content (AvgIpc) is 2.55. The van der Waals surface area contributed by atoms with E-state index >= 15 is 0 Å². The lowest BCUT2D eigenvalue weighted by atomic mass is 9.72. The zero-order chi connectivity index (χ0) is 16.6. The first-order chi connectivity index (χ1) is 10.9. The topological polar surface area (TPSA) is 113 Å². The van der Waals surface area contributed by atoms with Gasteiger partial charge in [-0.25, -0.2) is 8.42 Å². The summed E-state index contributed by atoms with van der Waals surface area (Å²) in [5.74, 6) is 0. The molecule has 0 atom stereocenters. The molecule has 0 aliphatic carbocycles. The van der Waals surface area contributed by atoms with Crippen LogP contribution in [0.1, 0.15) is 5.56 Å². The van der Waals surface area contributed by atoms with Gasteiger partial charge in [0.25, 0.3) is 15.7 Å². The summed E-state index contributed by atoms with van der Waals surface area (Å²) in [7, 11) is -5.60. The quantitative estimate of drug-likeness (QED) is 0.494. The van der Waals surface area contributed by atoms with Crippen molar-refractivity contribution in [3.05, 3.63) is 64.2 Å². The van der Waals surface area contributed by atoms with Gasteiger partial charge in [-0.05, 0) is 23.2 Å². The molecule has 2 aromatic rings. The number of non-ortho nitro benzene ring substituents is 1.